The predicted octanol–water partition coefficient (Wildman–Crippen LogP) is 2.16. The zero-order valence-electron chi connectivity index (χ0n) is 15.9. The molecule has 150 valence electrons. The first-order chi connectivity index (χ1) is 13.2. The monoisotopic (exact) mass is 405 g/mol. The number of sulfonamides is 1. The zero-order valence-corrected chi connectivity index (χ0v) is 16.7. The molecule has 0 aliphatic rings. The van der Waals surface area contributed by atoms with Gasteiger partial charge in [0.1, 0.15) is 5.75 Å². The van der Waals surface area contributed by atoms with Gasteiger partial charge in [0.25, 0.3) is 15.9 Å². The van der Waals surface area contributed by atoms with Gasteiger partial charge in [0.05, 0.1) is 4.90 Å². The number of hydrogen-bond donors (Lipinski definition) is 3. The van der Waals surface area contributed by atoms with E-state index < -0.39 is 15.9 Å². The van der Waals surface area contributed by atoms with Gasteiger partial charge < -0.3 is 10.1 Å². The Balaban J connectivity index is 1.86. The third-order valence-corrected chi connectivity index (χ3v) is 4.99. The molecule has 0 saturated carbocycles. The van der Waals surface area contributed by atoms with E-state index in [1.165, 1.54) is 31.2 Å². The van der Waals surface area contributed by atoms with Crippen molar-refractivity contribution in [3.8, 4) is 5.75 Å². The average molecular weight is 405 g/mol. The molecule has 2 amide bonds. The number of rotatable bonds is 8. The summed E-state index contributed by atoms with van der Waals surface area (Å²) in [6, 6.07) is 12.8. The second-order valence-corrected chi connectivity index (χ2v) is 8.05. The first-order valence-corrected chi connectivity index (χ1v) is 10.1. The standard InChI is InChI=1S/C19H23N3O5S/c1-13(2)15-4-8-17(9-5-15)27-12-19(24)21-22-28(25,26)18-10-6-16(7-11-18)20-14(3)23/h4-11,13,22H,12H2,1-3H3,(H,20,23)(H,21,24). The van der Waals surface area contributed by atoms with Crippen LogP contribution in [0.1, 0.15) is 32.3 Å². The molecule has 0 aliphatic heterocycles. The number of anilines is 1. The summed E-state index contributed by atoms with van der Waals surface area (Å²) in [7, 11) is -3.95. The minimum atomic E-state index is -3.95. The lowest BCUT2D eigenvalue weighted by atomic mass is 10.0. The van der Waals surface area contributed by atoms with Crippen LogP contribution in [0.3, 0.4) is 0 Å². The quantitative estimate of drug-likeness (QED) is 0.583. The number of hydrazine groups is 1. The minimum absolute atomic E-state index is 0.0629. The van der Waals surface area contributed by atoms with E-state index in [0.29, 0.717) is 17.4 Å². The van der Waals surface area contributed by atoms with Gasteiger partial charge in [-0.25, -0.2) is 8.42 Å². The maximum absolute atomic E-state index is 12.2. The maximum Gasteiger partial charge on any atom is 0.272 e. The van der Waals surface area contributed by atoms with E-state index >= 15 is 0 Å². The molecule has 0 fully saturated rings. The fourth-order valence-electron chi connectivity index (χ4n) is 2.24. The molecule has 0 aliphatic carbocycles. The molecule has 0 unspecified atom stereocenters. The van der Waals surface area contributed by atoms with Crippen LogP contribution in [0, 0.1) is 0 Å². The molecule has 0 bridgehead atoms. The summed E-state index contributed by atoms with van der Waals surface area (Å²) < 4.78 is 29.7. The number of carbonyl (C=O) groups is 2. The smallest absolute Gasteiger partial charge is 0.272 e. The lowest BCUT2D eigenvalue weighted by Crippen LogP contribution is -2.43. The van der Waals surface area contributed by atoms with Crippen molar-refractivity contribution in [2.45, 2.75) is 31.6 Å². The van der Waals surface area contributed by atoms with Crippen LogP contribution in [0.25, 0.3) is 0 Å². The van der Waals surface area contributed by atoms with Crippen LogP contribution in [0.4, 0.5) is 5.69 Å². The van der Waals surface area contributed by atoms with Crippen molar-refractivity contribution < 1.29 is 22.7 Å². The number of amides is 2. The normalized spacial score (nSPS) is 11.1. The van der Waals surface area contributed by atoms with Gasteiger partial charge >= 0.3 is 0 Å². The van der Waals surface area contributed by atoms with Crippen LogP contribution >= 0.6 is 0 Å². The lowest BCUT2D eigenvalue weighted by Gasteiger charge is -2.11. The van der Waals surface area contributed by atoms with E-state index in [-0.39, 0.29) is 17.4 Å². The van der Waals surface area contributed by atoms with E-state index in [1.807, 2.05) is 17.0 Å². The molecule has 0 saturated heterocycles. The van der Waals surface area contributed by atoms with Crippen LogP contribution < -0.4 is 20.3 Å². The van der Waals surface area contributed by atoms with Crippen molar-refractivity contribution >= 4 is 27.5 Å². The molecule has 0 atom stereocenters. The second-order valence-electron chi connectivity index (χ2n) is 6.37. The van der Waals surface area contributed by atoms with Crippen LogP contribution in [-0.2, 0) is 19.6 Å². The average Bonchev–Trinajstić information content (AvgIpc) is 2.65. The highest BCUT2D eigenvalue weighted by molar-refractivity contribution is 7.89. The molecule has 9 heteroatoms. The van der Waals surface area contributed by atoms with Gasteiger partial charge in [-0.1, -0.05) is 26.0 Å². The third kappa shape index (κ3) is 6.36. The van der Waals surface area contributed by atoms with Crippen molar-refractivity contribution in [2.24, 2.45) is 0 Å². The van der Waals surface area contributed by atoms with Gasteiger partial charge in [-0.3, -0.25) is 15.0 Å². The number of carbonyl (C=O) groups excluding carboxylic acids is 2. The molecule has 0 heterocycles. The Morgan fingerprint density at radius 2 is 1.61 bits per heavy atom. The van der Waals surface area contributed by atoms with Crippen LogP contribution in [0.5, 0.6) is 5.75 Å². The predicted molar refractivity (Wildman–Crippen MR) is 105 cm³/mol. The van der Waals surface area contributed by atoms with E-state index in [9.17, 15) is 18.0 Å². The van der Waals surface area contributed by atoms with Crippen molar-refractivity contribution in [1.29, 1.82) is 0 Å². The largest absolute Gasteiger partial charge is 0.484 e. The molecule has 0 aromatic heterocycles. The summed E-state index contributed by atoms with van der Waals surface area (Å²) in [5, 5.41) is 2.54. The topological polar surface area (TPSA) is 114 Å². The Bertz CT molecular complexity index is 923. The Morgan fingerprint density at radius 1 is 1.00 bits per heavy atom. The Kier molecular flexibility index (Phi) is 7.13. The molecular formula is C19H23N3O5S. The van der Waals surface area contributed by atoms with Gasteiger partial charge in [0, 0.05) is 12.6 Å². The highest BCUT2D eigenvalue weighted by Gasteiger charge is 2.15. The first kappa shape index (κ1) is 21.4. The van der Waals surface area contributed by atoms with Crippen LogP contribution in [0.15, 0.2) is 53.4 Å². The summed E-state index contributed by atoms with van der Waals surface area (Å²) in [5.41, 5.74) is 3.71. The van der Waals surface area contributed by atoms with Crippen molar-refractivity contribution in [2.75, 3.05) is 11.9 Å². The highest BCUT2D eigenvalue weighted by atomic mass is 32.2. The maximum atomic E-state index is 12.2. The minimum Gasteiger partial charge on any atom is -0.484 e. The Hall–Kier alpha value is -2.91. The molecule has 0 spiro atoms. The first-order valence-electron chi connectivity index (χ1n) is 8.58. The fourth-order valence-corrected chi connectivity index (χ4v) is 3.10. The van der Waals surface area contributed by atoms with E-state index in [1.54, 1.807) is 12.1 Å². The van der Waals surface area contributed by atoms with Gasteiger partial charge in [-0.15, -0.1) is 4.83 Å². The highest BCUT2D eigenvalue weighted by Crippen LogP contribution is 2.18. The molecule has 2 aromatic carbocycles. The van der Waals surface area contributed by atoms with E-state index in [4.69, 9.17) is 4.74 Å². The summed E-state index contributed by atoms with van der Waals surface area (Å²) >= 11 is 0. The fraction of sp³-hybridized carbons (Fsp3) is 0.263. The molecular weight excluding hydrogens is 382 g/mol. The third-order valence-electron chi connectivity index (χ3n) is 3.73. The lowest BCUT2D eigenvalue weighted by molar-refractivity contribution is -0.123. The zero-order chi connectivity index (χ0) is 20.7. The molecule has 8 nitrogen and oxygen atoms in total. The van der Waals surface area contributed by atoms with Crippen LogP contribution in [0.2, 0.25) is 0 Å². The van der Waals surface area contributed by atoms with E-state index in [2.05, 4.69) is 24.6 Å². The molecule has 3 N–H and O–H groups in total. The van der Waals surface area contributed by atoms with Crippen molar-refractivity contribution in [3.05, 3.63) is 54.1 Å². The van der Waals surface area contributed by atoms with Gasteiger partial charge in [0.15, 0.2) is 6.61 Å². The SMILES string of the molecule is CC(=O)Nc1ccc(S(=O)(=O)NNC(=O)COc2ccc(C(C)C)cc2)cc1. The van der Waals surface area contributed by atoms with Crippen molar-refractivity contribution in [1.82, 2.24) is 10.3 Å². The number of ether oxygens (including phenoxy) is 1. The summed E-state index contributed by atoms with van der Waals surface area (Å²) in [6.07, 6.45) is 0. The molecule has 2 rings (SSSR count). The number of benzene rings is 2. The van der Waals surface area contributed by atoms with Crippen molar-refractivity contribution in [3.63, 3.8) is 0 Å². The van der Waals surface area contributed by atoms with Gasteiger partial charge in [-0.05, 0) is 47.9 Å². The second kappa shape index (κ2) is 9.34. The summed E-state index contributed by atoms with van der Waals surface area (Å²) in [5.74, 6) is -0.0127. The van der Waals surface area contributed by atoms with Gasteiger partial charge in [-0.2, -0.15) is 0 Å². The summed E-state index contributed by atoms with van der Waals surface area (Å²) in [6.45, 7) is 5.15. The Morgan fingerprint density at radius 3 is 2.14 bits per heavy atom. The number of nitrogens with one attached hydrogen (secondary N) is 3. The Labute approximate surface area is 164 Å². The molecule has 2 aromatic rings. The molecule has 0 radical (unpaired) electrons. The van der Waals surface area contributed by atoms with Gasteiger partial charge in [0.2, 0.25) is 5.91 Å². The number of hydrogen-bond acceptors (Lipinski definition) is 5. The summed E-state index contributed by atoms with van der Waals surface area (Å²) in [4.78, 5) is 24.8. The van der Waals surface area contributed by atoms with Crippen LogP contribution in [-0.4, -0.2) is 26.8 Å². The van der Waals surface area contributed by atoms with E-state index in [0.717, 1.165) is 5.56 Å². The molecule has 28 heavy (non-hydrogen) atoms.